The summed E-state index contributed by atoms with van der Waals surface area (Å²) in [7, 11) is 1.52. The van der Waals surface area contributed by atoms with Crippen LogP contribution in [0.3, 0.4) is 0 Å². The third kappa shape index (κ3) is 2.20. The van der Waals surface area contributed by atoms with Gasteiger partial charge in [-0.3, -0.25) is 4.79 Å². The topological polar surface area (TPSA) is 51.2 Å². The lowest BCUT2D eigenvalue weighted by Crippen LogP contribution is -2.11. The molecule has 0 atom stereocenters. The second kappa shape index (κ2) is 4.76. The lowest BCUT2D eigenvalue weighted by Gasteiger charge is -2.07. The SMILES string of the molecule is COc1ncccc1NC(=O)c1ccsc1. The second-order valence-electron chi connectivity index (χ2n) is 3.03. The smallest absolute Gasteiger partial charge is 0.256 e. The Morgan fingerprint density at radius 1 is 1.50 bits per heavy atom. The van der Waals surface area contributed by atoms with Gasteiger partial charge < -0.3 is 10.1 Å². The van der Waals surface area contributed by atoms with Crippen molar-refractivity contribution in [2.45, 2.75) is 0 Å². The molecule has 5 heteroatoms. The highest BCUT2D eigenvalue weighted by Gasteiger charge is 2.09. The fraction of sp³-hybridized carbons (Fsp3) is 0.0909. The molecule has 0 radical (unpaired) electrons. The van der Waals surface area contributed by atoms with Gasteiger partial charge in [-0.25, -0.2) is 4.98 Å². The first kappa shape index (κ1) is 10.6. The standard InChI is InChI=1S/C11H10N2O2S/c1-15-11-9(3-2-5-12-11)13-10(14)8-4-6-16-7-8/h2-7H,1H3,(H,13,14). The average molecular weight is 234 g/mol. The third-order valence-electron chi connectivity index (χ3n) is 2.00. The Hall–Kier alpha value is -1.88. The quantitative estimate of drug-likeness (QED) is 0.887. The minimum atomic E-state index is -0.160. The number of aromatic nitrogens is 1. The number of nitrogens with one attached hydrogen (secondary N) is 1. The number of amides is 1. The largest absolute Gasteiger partial charge is 0.480 e. The van der Waals surface area contributed by atoms with E-state index in [0.29, 0.717) is 17.1 Å². The summed E-state index contributed by atoms with van der Waals surface area (Å²) < 4.78 is 5.04. The molecule has 2 aromatic rings. The molecule has 16 heavy (non-hydrogen) atoms. The fourth-order valence-electron chi connectivity index (χ4n) is 1.24. The van der Waals surface area contributed by atoms with Crippen LogP contribution < -0.4 is 10.1 Å². The van der Waals surface area contributed by atoms with Crippen molar-refractivity contribution in [2.75, 3.05) is 12.4 Å². The highest BCUT2D eigenvalue weighted by molar-refractivity contribution is 7.08. The van der Waals surface area contributed by atoms with Gasteiger partial charge in [-0.15, -0.1) is 0 Å². The van der Waals surface area contributed by atoms with Crippen LogP contribution in [0.5, 0.6) is 5.88 Å². The number of hydrogen-bond acceptors (Lipinski definition) is 4. The first-order valence-electron chi connectivity index (χ1n) is 4.64. The first-order chi connectivity index (χ1) is 7.81. The van der Waals surface area contributed by atoms with Crippen molar-refractivity contribution in [1.29, 1.82) is 0 Å². The van der Waals surface area contributed by atoms with E-state index in [1.165, 1.54) is 18.4 Å². The zero-order valence-corrected chi connectivity index (χ0v) is 9.45. The zero-order valence-electron chi connectivity index (χ0n) is 8.64. The molecule has 0 fully saturated rings. The second-order valence-corrected chi connectivity index (χ2v) is 3.81. The van der Waals surface area contributed by atoms with E-state index in [1.807, 2.05) is 5.38 Å². The number of carbonyl (C=O) groups is 1. The molecule has 0 aliphatic heterocycles. The minimum Gasteiger partial charge on any atom is -0.480 e. The number of thiophene rings is 1. The maximum Gasteiger partial charge on any atom is 0.256 e. The van der Waals surface area contributed by atoms with Gasteiger partial charge in [0.15, 0.2) is 0 Å². The molecular formula is C11H10N2O2S. The van der Waals surface area contributed by atoms with Crippen LogP contribution in [-0.2, 0) is 0 Å². The Morgan fingerprint density at radius 2 is 2.38 bits per heavy atom. The summed E-state index contributed by atoms with van der Waals surface area (Å²) in [4.78, 5) is 15.8. The first-order valence-corrected chi connectivity index (χ1v) is 5.58. The molecule has 2 rings (SSSR count). The van der Waals surface area contributed by atoms with Gasteiger partial charge >= 0.3 is 0 Å². The van der Waals surface area contributed by atoms with Crippen molar-refractivity contribution in [1.82, 2.24) is 4.98 Å². The summed E-state index contributed by atoms with van der Waals surface area (Å²) in [6.07, 6.45) is 1.61. The number of carbonyl (C=O) groups excluding carboxylic acids is 1. The Bertz CT molecular complexity index is 482. The molecule has 0 aromatic carbocycles. The van der Waals surface area contributed by atoms with Gasteiger partial charge in [-0.2, -0.15) is 11.3 Å². The summed E-state index contributed by atoms with van der Waals surface area (Å²) in [5, 5.41) is 6.39. The van der Waals surface area contributed by atoms with Crippen LogP contribution in [0, 0.1) is 0 Å². The van der Waals surface area contributed by atoms with Gasteiger partial charge in [-0.1, -0.05) is 0 Å². The Kier molecular flexibility index (Phi) is 3.16. The molecule has 1 N–H and O–H groups in total. The predicted molar refractivity (Wildman–Crippen MR) is 63.1 cm³/mol. The molecule has 1 amide bonds. The van der Waals surface area contributed by atoms with E-state index in [1.54, 1.807) is 29.8 Å². The van der Waals surface area contributed by atoms with Crippen LogP contribution in [0.4, 0.5) is 5.69 Å². The maximum atomic E-state index is 11.8. The molecule has 82 valence electrons. The number of rotatable bonds is 3. The zero-order chi connectivity index (χ0) is 11.4. The van der Waals surface area contributed by atoms with Gasteiger partial charge in [0, 0.05) is 11.6 Å². The highest BCUT2D eigenvalue weighted by atomic mass is 32.1. The third-order valence-corrected chi connectivity index (χ3v) is 2.68. The highest BCUT2D eigenvalue weighted by Crippen LogP contribution is 2.20. The van der Waals surface area contributed by atoms with Gasteiger partial charge in [0.2, 0.25) is 5.88 Å². The van der Waals surface area contributed by atoms with Crippen molar-refractivity contribution in [2.24, 2.45) is 0 Å². The van der Waals surface area contributed by atoms with Crippen molar-refractivity contribution in [3.63, 3.8) is 0 Å². The lowest BCUT2D eigenvalue weighted by atomic mass is 10.3. The van der Waals surface area contributed by atoms with E-state index < -0.39 is 0 Å². The fourth-order valence-corrected chi connectivity index (χ4v) is 1.87. The van der Waals surface area contributed by atoms with E-state index in [9.17, 15) is 4.79 Å². The summed E-state index contributed by atoms with van der Waals surface area (Å²) in [5.41, 5.74) is 1.21. The van der Waals surface area contributed by atoms with Gasteiger partial charge in [0.25, 0.3) is 5.91 Å². The number of anilines is 1. The minimum absolute atomic E-state index is 0.160. The summed E-state index contributed by atoms with van der Waals surface area (Å²) in [5.74, 6) is 0.249. The van der Waals surface area contributed by atoms with Crippen molar-refractivity contribution < 1.29 is 9.53 Å². The molecule has 0 aliphatic carbocycles. The Balaban J connectivity index is 2.18. The summed E-state index contributed by atoms with van der Waals surface area (Å²) in [6, 6.07) is 5.25. The van der Waals surface area contributed by atoms with E-state index in [0.717, 1.165) is 0 Å². The van der Waals surface area contributed by atoms with E-state index >= 15 is 0 Å². The van der Waals surface area contributed by atoms with Crippen LogP contribution in [0.2, 0.25) is 0 Å². The summed E-state index contributed by atoms with van der Waals surface area (Å²) in [6.45, 7) is 0. The number of ether oxygens (including phenoxy) is 1. The van der Waals surface area contributed by atoms with Gasteiger partial charge in [0.05, 0.1) is 12.7 Å². The molecule has 2 aromatic heterocycles. The molecule has 0 bridgehead atoms. The monoisotopic (exact) mass is 234 g/mol. The summed E-state index contributed by atoms with van der Waals surface area (Å²) >= 11 is 1.48. The molecule has 0 aliphatic rings. The number of methoxy groups -OCH3 is 1. The van der Waals surface area contributed by atoms with Crippen LogP contribution in [-0.4, -0.2) is 18.0 Å². The van der Waals surface area contributed by atoms with Gasteiger partial charge in [-0.05, 0) is 23.6 Å². The Labute approximate surface area is 96.9 Å². The molecule has 0 saturated heterocycles. The van der Waals surface area contributed by atoms with E-state index in [2.05, 4.69) is 10.3 Å². The maximum absolute atomic E-state index is 11.8. The van der Waals surface area contributed by atoms with Crippen LogP contribution in [0.1, 0.15) is 10.4 Å². The normalized spacial score (nSPS) is 9.81. The number of pyridine rings is 1. The van der Waals surface area contributed by atoms with E-state index in [4.69, 9.17) is 4.74 Å². The van der Waals surface area contributed by atoms with Crippen molar-refractivity contribution >= 4 is 22.9 Å². The molecular weight excluding hydrogens is 224 g/mol. The Morgan fingerprint density at radius 3 is 3.06 bits per heavy atom. The number of hydrogen-bond donors (Lipinski definition) is 1. The van der Waals surface area contributed by atoms with Crippen LogP contribution >= 0.6 is 11.3 Å². The van der Waals surface area contributed by atoms with Gasteiger partial charge in [0.1, 0.15) is 5.69 Å². The van der Waals surface area contributed by atoms with E-state index in [-0.39, 0.29) is 5.91 Å². The number of nitrogens with zero attached hydrogens (tertiary/aromatic N) is 1. The molecule has 0 saturated carbocycles. The van der Waals surface area contributed by atoms with Crippen LogP contribution in [0.15, 0.2) is 35.2 Å². The molecule has 0 spiro atoms. The van der Waals surface area contributed by atoms with Crippen molar-refractivity contribution in [3.05, 3.63) is 40.7 Å². The molecule has 0 unspecified atom stereocenters. The lowest BCUT2D eigenvalue weighted by molar-refractivity contribution is 0.102. The molecule has 2 heterocycles. The molecule has 4 nitrogen and oxygen atoms in total. The van der Waals surface area contributed by atoms with Crippen molar-refractivity contribution in [3.8, 4) is 5.88 Å². The predicted octanol–water partition coefficient (Wildman–Crippen LogP) is 2.40. The average Bonchev–Trinajstić information content (AvgIpc) is 2.83. The van der Waals surface area contributed by atoms with Crippen LogP contribution in [0.25, 0.3) is 0 Å².